The molecule has 1 saturated heterocycles. The number of carbonyl (C=O) groups excluding carboxylic acids is 2. The van der Waals surface area contributed by atoms with Gasteiger partial charge in [0.25, 0.3) is 5.91 Å². The molecule has 32 heavy (non-hydrogen) atoms. The first-order valence-electron chi connectivity index (χ1n) is 10.8. The van der Waals surface area contributed by atoms with Crippen LogP contribution in [-0.4, -0.2) is 57.6 Å². The first-order valence-corrected chi connectivity index (χ1v) is 10.8. The number of nitrogens with one attached hydrogen (secondary N) is 1. The van der Waals surface area contributed by atoms with Gasteiger partial charge in [-0.05, 0) is 18.2 Å². The minimum atomic E-state index is -0.209. The van der Waals surface area contributed by atoms with E-state index in [2.05, 4.69) is 15.3 Å². The molecular formula is C24H26FN5O2. The Labute approximate surface area is 186 Å². The Hall–Kier alpha value is -3.52. The van der Waals surface area contributed by atoms with Crippen molar-refractivity contribution in [2.45, 2.75) is 19.9 Å². The van der Waals surface area contributed by atoms with Crippen molar-refractivity contribution in [3.05, 3.63) is 77.7 Å². The third kappa shape index (κ3) is 4.86. The van der Waals surface area contributed by atoms with Crippen LogP contribution in [0, 0.1) is 5.82 Å². The number of hydrogen-bond acceptors (Lipinski definition) is 4. The molecular weight excluding hydrogens is 409 g/mol. The molecule has 0 bridgehead atoms. The lowest BCUT2D eigenvalue weighted by atomic mass is 10.2. The van der Waals surface area contributed by atoms with Crippen molar-refractivity contribution in [1.29, 1.82) is 0 Å². The molecule has 1 aliphatic heterocycles. The van der Waals surface area contributed by atoms with E-state index in [9.17, 15) is 14.0 Å². The lowest BCUT2D eigenvalue weighted by Gasteiger charge is -2.34. The topological polar surface area (TPSA) is 70.5 Å². The minimum Gasteiger partial charge on any atom is -0.335 e. The monoisotopic (exact) mass is 435 g/mol. The molecule has 4 rings (SSSR count). The van der Waals surface area contributed by atoms with Crippen LogP contribution in [-0.2, 0) is 11.3 Å². The van der Waals surface area contributed by atoms with Crippen molar-refractivity contribution >= 4 is 17.6 Å². The van der Waals surface area contributed by atoms with Gasteiger partial charge in [0.1, 0.15) is 11.6 Å². The van der Waals surface area contributed by atoms with Gasteiger partial charge >= 0.3 is 0 Å². The van der Waals surface area contributed by atoms with Crippen LogP contribution in [0.1, 0.15) is 29.4 Å². The van der Waals surface area contributed by atoms with E-state index in [1.165, 1.54) is 6.07 Å². The number of anilines is 1. The highest BCUT2D eigenvalue weighted by atomic mass is 19.1. The standard InChI is InChI=1S/C24H26FN5O2/c1-2-23(31)26-22-16-21(27-30(22)19-9-4-3-5-10-19)24(32)29-14-12-28(13-15-29)17-18-8-6-7-11-20(18)25/h3-11,16H,2,12-15,17H2,1H3,(H,26,31). The fourth-order valence-corrected chi connectivity index (χ4v) is 3.71. The normalized spacial score (nSPS) is 14.4. The van der Waals surface area contributed by atoms with Gasteiger partial charge in [-0.15, -0.1) is 0 Å². The number of nitrogens with zero attached hydrogens (tertiary/aromatic N) is 4. The average Bonchev–Trinajstić information content (AvgIpc) is 3.24. The number of rotatable bonds is 6. The van der Waals surface area contributed by atoms with Crippen molar-refractivity contribution < 1.29 is 14.0 Å². The molecule has 1 aliphatic rings. The third-order valence-electron chi connectivity index (χ3n) is 5.53. The molecule has 0 unspecified atom stereocenters. The molecule has 0 spiro atoms. The van der Waals surface area contributed by atoms with E-state index in [-0.39, 0.29) is 23.3 Å². The molecule has 0 saturated carbocycles. The summed E-state index contributed by atoms with van der Waals surface area (Å²) in [6.45, 7) is 4.65. The number of benzene rings is 2. The number of halogens is 1. The van der Waals surface area contributed by atoms with Crippen LogP contribution >= 0.6 is 0 Å². The summed E-state index contributed by atoms with van der Waals surface area (Å²) in [5, 5.41) is 7.31. The summed E-state index contributed by atoms with van der Waals surface area (Å²) >= 11 is 0. The third-order valence-corrected chi connectivity index (χ3v) is 5.53. The molecule has 2 aromatic carbocycles. The lowest BCUT2D eigenvalue weighted by Crippen LogP contribution is -2.48. The van der Waals surface area contributed by atoms with Crippen LogP contribution in [0.3, 0.4) is 0 Å². The van der Waals surface area contributed by atoms with E-state index in [1.54, 1.807) is 34.7 Å². The Morgan fingerprint density at radius 1 is 1.00 bits per heavy atom. The van der Waals surface area contributed by atoms with Crippen molar-refractivity contribution in [2.24, 2.45) is 0 Å². The molecule has 0 aliphatic carbocycles. The van der Waals surface area contributed by atoms with Gasteiger partial charge in [-0.3, -0.25) is 14.5 Å². The second-order valence-electron chi connectivity index (χ2n) is 7.72. The van der Waals surface area contributed by atoms with Crippen molar-refractivity contribution in [3.8, 4) is 5.69 Å². The van der Waals surface area contributed by atoms with E-state index in [0.717, 1.165) is 5.69 Å². The summed E-state index contributed by atoms with van der Waals surface area (Å²) in [6, 6.07) is 17.8. The molecule has 1 N–H and O–H groups in total. The fraction of sp³-hybridized carbons (Fsp3) is 0.292. The number of carbonyl (C=O) groups is 2. The Morgan fingerprint density at radius 2 is 1.69 bits per heavy atom. The number of piperazine rings is 1. The maximum Gasteiger partial charge on any atom is 0.274 e. The average molecular weight is 436 g/mol. The van der Waals surface area contributed by atoms with E-state index in [1.807, 2.05) is 36.4 Å². The number of aromatic nitrogens is 2. The lowest BCUT2D eigenvalue weighted by molar-refractivity contribution is -0.115. The first-order chi connectivity index (χ1) is 15.5. The maximum absolute atomic E-state index is 13.9. The molecule has 0 radical (unpaired) electrons. The summed E-state index contributed by atoms with van der Waals surface area (Å²) in [5.41, 5.74) is 1.70. The van der Waals surface area contributed by atoms with Gasteiger partial charge < -0.3 is 10.2 Å². The van der Waals surface area contributed by atoms with E-state index in [0.29, 0.717) is 50.5 Å². The summed E-state index contributed by atoms with van der Waals surface area (Å²) < 4.78 is 15.5. The second-order valence-corrected chi connectivity index (χ2v) is 7.72. The molecule has 1 fully saturated rings. The molecule has 7 nitrogen and oxygen atoms in total. The second kappa shape index (κ2) is 9.74. The van der Waals surface area contributed by atoms with Gasteiger partial charge in [-0.2, -0.15) is 5.10 Å². The minimum absolute atomic E-state index is 0.150. The van der Waals surface area contributed by atoms with E-state index < -0.39 is 0 Å². The Balaban J connectivity index is 1.46. The molecule has 2 amide bonds. The first kappa shape index (κ1) is 21.7. The summed E-state index contributed by atoms with van der Waals surface area (Å²) in [6.07, 6.45) is 0.327. The molecule has 8 heteroatoms. The van der Waals surface area contributed by atoms with Crippen molar-refractivity contribution in [2.75, 3.05) is 31.5 Å². The zero-order chi connectivity index (χ0) is 22.5. The summed E-state index contributed by atoms with van der Waals surface area (Å²) in [4.78, 5) is 29.0. The van der Waals surface area contributed by atoms with Crippen LogP contribution in [0.4, 0.5) is 10.2 Å². The maximum atomic E-state index is 13.9. The van der Waals surface area contributed by atoms with Gasteiger partial charge in [0.05, 0.1) is 5.69 Å². The Kier molecular flexibility index (Phi) is 6.61. The highest BCUT2D eigenvalue weighted by Gasteiger charge is 2.26. The summed E-state index contributed by atoms with van der Waals surface area (Å²) in [7, 11) is 0. The SMILES string of the molecule is CCC(=O)Nc1cc(C(=O)N2CCN(Cc3ccccc3F)CC2)nn1-c1ccccc1. The van der Waals surface area contributed by atoms with Gasteiger partial charge in [0.15, 0.2) is 5.69 Å². The Bertz CT molecular complexity index is 1090. The molecule has 2 heterocycles. The van der Waals surface area contributed by atoms with Crippen LogP contribution in [0.15, 0.2) is 60.7 Å². The Morgan fingerprint density at radius 3 is 2.38 bits per heavy atom. The van der Waals surface area contributed by atoms with Crippen molar-refractivity contribution in [1.82, 2.24) is 19.6 Å². The van der Waals surface area contributed by atoms with Gasteiger partial charge in [0.2, 0.25) is 5.91 Å². The highest BCUT2D eigenvalue weighted by molar-refractivity contribution is 5.95. The molecule has 166 valence electrons. The molecule has 0 atom stereocenters. The molecule has 1 aromatic heterocycles. The van der Waals surface area contributed by atoms with Gasteiger partial charge in [-0.1, -0.05) is 43.3 Å². The number of para-hydroxylation sites is 1. The number of hydrogen-bond donors (Lipinski definition) is 1. The van der Waals surface area contributed by atoms with E-state index in [4.69, 9.17) is 0 Å². The zero-order valence-electron chi connectivity index (χ0n) is 18.0. The molecule has 3 aromatic rings. The predicted octanol–water partition coefficient (Wildman–Crippen LogP) is 3.32. The summed E-state index contributed by atoms with van der Waals surface area (Å²) in [5.74, 6) is -0.0799. The van der Waals surface area contributed by atoms with Crippen LogP contribution < -0.4 is 5.32 Å². The van der Waals surface area contributed by atoms with E-state index >= 15 is 0 Å². The van der Waals surface area contributed by atoms with Crippen LogP contribution in [0.5, 0.6) is 0 Å². The van der Waals surface area contributed by atoms with Crippen LogP contribution in [0.25, 0.3) is 5.69 Å². The zero-order valence-corrected chi connectivity index (χ0v) is 18.0. The highest BCUT2D eigenvalue weighted by Crippen LogP contribution is 2.20. The number of amides is 2. The van der Waals surface area contributed by atoms with Gasteiger partial charge in [0, 0.05) is 50.8 Å². The largest absolute Gasteiger partial charge is 0.335 e. The smallest absolute Gasteiger partial charge is 0.274 e. The predicted molar refractivity (Wildman–Crippen MR) is 120 cm³/mol. The fourth-order valence-electron chi connectivity index (χ4n) is 3.71. The van der Waals surface area contributed by atoms with Crippen LogP contribution in [0.2, 0.25) is 0 Å². The van der Waals surface area contributed by atoms with Gasteiger partial charge in [-0.25, -0.2) is 9.07 Å². The quantitative estimate of drug-likeness (QED) is 0.645. The van der Waals surface area contributed by atoms with Crippen molar-refractivity contribution in [3.63, 3.8) is 0 Å².